The molecule has 0 saturated carbocycles. The van der Waals surface area contributed by atoms with Crippen LogP contribution in [-0.2, 0) is 18.9 Å². The van der Waals surface area contributed by atoms with Crippen molar-refractivity contribution in [2.24, 2.45) is 0 Å². The molecule has 0 aromatic rings. The molecule has 0 aromatic carbocycles. The first kappa shape index (κ1) is 10.4. The van der Waals surface area contributed by atoms with Crippen LogP contribution in [0.25, 0.3) is 0 Å². The number of ether oxygens (including phenoxy) is 4. The van der Waals surface area contributed by atoms with Crippen LogP contribution < -0.4 is 0 Å². The van der Waals surface area contributed by atoms with Gasteiger partial charge >= 0.3 is 0 Å². The molecule has 2 aliphatic heterocycles. The van der Waals surface area contributed by atoms with Gasteiger partial charge in [0.1, 0.15) is 0 Å². The Labute approximate surface area is 84.5 Å². The molecule has 0 amide bonds. The first-order valence-corrected chi connectivity index (χ1v) is 5.01. The molecule has 14 heavy (non-hydrogen) atoms. The van der Waals surface area contributed by atoms with E-state index in [1.54, 1.807) is 0 Å². The Hall–Kier alpha value is -0.160. The molecule has 0 spiro atoms. The molecule has 0 radical (unpaired) electrons. The van der Waals surface area contributed by atoms with E-state index in [9.17, 15) is 0 Å². The highest BCUT2D eigenvalue weighted by Gasteiger charge is 2.52. The topological polar surface area (TPSA) is 36.9 Å². The van der Waals surface area contributed by atoms with Crippen LogP contribution in [0.1, 0.15) is 27.7 Å². The van der Waals surface area contributed by atoms with Gasteiger partial charge in [0.25, 0.3) is 0 Å². The van der Waals surface area contributed by atoms with E-state index in [1.165, 1.54) is 0 Å². The summed E-state index contributed by atoms with van der Waals surface area (Å²) in [5.74, 6) is 0. The van der Waals surface area contributed by atoms with Gasteiger partial charge in [-0.2, -0.15) is 0 Å². The van der Waals surface area contributed by atoms with Crippen LogP contribution >= 0.6 is 0 Å². The van der Waals surface area contributed by atoms with Gasteiger partial charge in [-0.3, -0.25) is 0 Å². The molecule has 2 heterocycles. The largest absolute Gasteiger partial charge is 0.346 e. The quantitative estimate of drug-likeness (QED) is 0.642. The minimum absolute atomic E-state index is 0.313. The van der Waals surface area contributed by atoms with Crippen molar-refractivity contribution in [3.63, 3.8) is 0 Å². The van der Waals surface area contributed by atoms with Crippen LogP contribution in [0, 0.1) is 0 Å². The van der Waals surface area contributed by atoms with Gasteiger partial charge in [0, 0.05) is 0 Å². The zero-order chi connectivity index (χ0) is 10.4. The second kappa shape index (κ2) is 3.17. The fourth-order valence-corrected chi connectivity index (χ4v) is 1.53. The Kier molecular flexibility index (Phi) is 2.34. The highest BCUT2D eigenvalue weighted by Crippen LogP contribution is 2.40. The molecule has 0 bridgehead atoms. The molecule has 0 unspecified atom stereocenters. The Balaban J connectivity index is 2.05. The van der Waals surface area contributed by atoms with Gasteiger partial charge in [0.15, 0.2) is 0 Å². The maximum atomic E-state index is 5.78. The molecule has 0 atom stereocenters. The lowest BCUT2D eigenvalue weighted by molar-refractivity contribution is -0.221. The zero-order valence-electron chi connectivity index (χ0n) is 9.20. The summed E-state index contributed by atoms with van der Waals surface area (Å²) in [5, 5.41) is 0. The van der Waals surface area contributed by atoms with Crippen LogP contribution in [-0.4, -0.2) is 37.0 Å². The molecule has 0 aromatic heterocycles. The van der Waals surface area contributed by atoms with Crippen molar-refractivity contribution in [2.75, 3.05) is 13.2 Å². The van der Waals surface area contributed by atoms with E-state index < -0.39 is 6.29 Å². The summed E-state index contributed by atoms with van der Waals surface area (Å²) in [7, 11) is 0. The van der Waals surface area contributed by atoms with E-state index in [1.807, 2.05) is 27.7 Å². The van der Waals surface area contributed by atoms with Crippen molar-refractivity contribution in [2.45, 2.75) is 51.5 Å². The molecule has 2 aliphatic rings. The SMILES string of the molecule is CC1(C)OC(C2OCCO2)OC1(C)C. The minimum Gasteiger partial charge on any atom is -0.346 e. The van der Waals surface area contributed by atoms with Crippen molar-refractivity contribution in [3.8, 4) is 0 Å². The summed E-state index contributed by atoms with van der Waals surface area (Å²) in [6.45, 7) is 9.30. The monoisotopic (exact) mass is 202 g/mol. The highest BCUT2D eigenvalue weighted by atomic mass is 16.8. The molecule has 0 N–H and O–H groups in total. The fourth-order valence-electron chi connectivity index (χ4n) is 1.53. The van der Waals surface area contributed by atoms with Gasteiger partial charge in [0.2, 0.25) is 12.6 Å². The van der Waals surface area contributed by atoms with Crippen molar-refractivity contribution >= 4 is 0 Å². The molecule has 4 heteroatoms. The summed E-state index contributed by atoms with van der Waals surface area (Å²) in [6, 6.07) is 0. The lowest BCUT2D eigenvalue weighted by atomic mass is 9.90. The third-order valence-corrected chi connectivity index (χ3v) is 3.14. The third kappa shape index (κ3) is 1.56. The number of hydrogen-bond acceptors (Lipinski definition) is 4. The van der Waals surface area contributed by atoms with Gasteiger partial charge in [-0.25, -0.2) is 0 Å². The second-order valence-electron chi connectivity index (χ2n) is 4.73. The first-order chi connectivity index (χ1) is 6.42. The molecular formula is C10H18O4. The predicted octanol–water partition coefficient (Wildman–Crippen LogP) is 1.29. The molecule has 2 rings (SSSR count). The summed E-state index contributed by atoms with van der Waals surface area (Å²) in [4.78, 5) is 0. The summed E-state index contributed by atoms with van der Waals surface area (Å²) < 4.78 is 22.3. The third-order valence-electron chi connectivity index (χ3n) is 3.14. The van der Waals surface area contributed by atoms with Gasteiger partial charge in [-0.1, -0.05) is 0 Å². The van der Waals surface area contributed by atoms with Crippen LogP contribution in [0.4, 0.5) is 0 Å². The minimum atomic E-state index is -0.400. The molecule has 2 saturated heterocycles. The Morgan fingerprint density at radius 2 is 1.21 bits per heavy atom. The highest BCUT2D eigenvalue weighted by molar-refractivity contribution is 4.95. The molecule has 2 fully saturated rings. The van der Waals surface area contributed by atoms with Crippen LogP contribution in [0.5, 0.6) is 0 Å². The van der Waals surface area contributed by atoms with Gasteiger partial charge in [-0.15, -0.1) is 0 Å². The number of hydrogen-bond donors (Lipinski definition) is 0. The Bertz CT molecular complexity index is 202. The average Bonchev–Trinajstić information content (AvgIpc) is 2.58. The molecular weight excluding hydrogens is 184 g/mol. The van der Waals surface area contributed by atoms with Gasteiger partial charge < -0.3 is 18.9 Å². The van der Waals surface area contributed by atoms with Crippen molar-refractivity contribution in [3.05, 3.63) is 0 Å². The Morgan fingerprint density at radius 1 is 0.786 bits per heavy atom. The van der Waals surface area contributed by atoms with E-state index in [4.69, 9.17) is 18.9 Å². The molecule has 0 aliphatic carbocycles. The smallest absolute Gasteiger partial charge is 0.210 e. The second-order valence-corrected chi connectivity index (χ2v) is 4.73. The van der Waals surface area contributed by atoms with Crippen molar-refractivity contribution < 1.29 is 18.9 Å². The summed E-state index contributed by atoms with van der Waals surface area (Å²) >= 11 is 0. The van der Waals surface area contributed by atoms with E-state index in [-0.39, 0.29) is 17.5 Å². The summed E-state index contributed by atoms with van der Waals surface area (Å²) in [5.41, 5.74) is -0.625. The maximum Gasteiger partial charge on any atom is 0.210 e. The van der Waals surface area contributed by atoms with E-state index in [0.717, 1.165) is 0 Å². The van der Waals surface area contributed by atoms with Crippen LogP contribution in [0.15, 0.2) is 0 Å². The molecule has 4 nitrogen and oxygen atoms in total. The van der Waals surface area contributed by atoms with Gasteiger partial charge in [-0.05, 0) is 27.7 Å². The average molecular weight is 202 g/mol. The lowest BCUT2D eigenvalue weighted by Gasteiger charge is -2.30. The van der Waals surface area contributed by atoms with Gasteiger partial charge in [0.05, 0.1) is 24.4 Å². The van der Waals surface area contributed by atoms with E-state index in [2.05, 4.69) is 0 Å². The lowest BCUT2D eigenvalue weighted by Crippen LogP contribution is -2.41. The molecule has 82 valence electrons. The zero-order valence-corrected chi connectivity index (χ0v) is 9.20. The van der Waals surface area contributed by atoms with E-state index >= 15 is 0 Å². The van der Waals surface area contributed by atoms with E-state index in [0.29, 0.717) is 13.2 Å². The first-order valence-electron chi connectivity index (χ1n) is 5.01. The summed E-state index contributed by atoms with van der Waals surface area (Å²) in [6.07, 6.45) is -0.765. The van der Waals surface area contributed by atoms with Crippen LogP contribution in [0.3, 0.4) is 0 Å². The maximum absolute atomic E-state index is 5.78. The van der Waals surface area contributed by atoms with Crippen LogP contribution in [0.2, 0.25) is 0 Å². The standard InChI is InChI=1S/C10H18O4/c1-9(2)10(3,4)14-8(13-9)7-11-5-6-12-7/h7-8H,5-6H2,1-4H3. The predicted molar refractivity (Wildman–Crippen MR) is 49.8 cm³/mol. The van der Waals surface area contributed by atoms with Crippen molar-refractivity contribution in [1.29, 1.82) is 0 Å². The Morgan fingerprint density at radius 3 is 1.64 bits per heavy atom. The number of rotatable bonds is 1. The fraction of sp³-hybridized carbons (Fsp3) is 1.00. The normalized spacial score (nSPS) is 32.6. The van der Waals surface area contributed by atoms with Crippen molar-refractivity contribution in [1.82, 2.24) is 0 Å².